The first-order valence-corrected chi connectivity index (χ1v) is 7.05. The van der Waals surface area contributed by atoms with Gasteiger partial charge >= 0.3 is 0 Å². The lowest BCUT2D eigenvalue weighted by Gasteiger charge is -2.29. The third-order valence-electron chi connectivity index (χ3n) is 3.20. The summed E-state index contributed by atoms with van der Waals surface area (Å²) >= 11 is 0. The summed E-state index contributed by atoms with van der Waals surface area (Å²) < 4.78 is 5.76. The molecule has 4 heteroatoms. The van der Waals surface area contributed by atoms with Crippen molar-refractivity contribution in [3.8, 4) is 5.75 Å². The van der Waals surface area contributed by atoms with Gasteiger partial charge in [0.25, 0.3) is 0 Å². The predicted octanol–water partition coefficient (Wildman–Crippen LogP) is 2.43. The Morgan fingerprint density at radius 1 is 1.35 bits per heavy atom. The van der Waals surface area contributed by atoms with Gasteiger partial charge in [0, 0.05) is 6.04 Å². The van der Waals surface area contributed by atoms with E-state index in [9.17, 15) is 4.79 Å². The third-order valence-corrected chi connectivity index (χ3v) is 3.20. The van der Waals surface area contributed by atoms with Crippen LogP contribution in [0.2, 0.25) is 0 Å². The van der Waals surface area contributed by atoms with E-state index in [1.54, 1.807) is 6.92 Å². The molecule has 0 aliphatic rings. The number of hydrogen-bond acceptors (Lipinski definition) is 3. The fraction of sp³-hybridized carbons (Fsp3) is 0.562. The van der Waals surface area contributed by atoms with Crippen LogP contribution in [0, 0.1) is 0 Å². The van der Waals surface area contributed by atoms with Crippen LogP contribution in [0.25, 0.3) is 0 Å². The van der Waals surface area contributed by atoms with Gasteiger partial charge in [0.1, 0.15) is 17.9 Å². The van der Waals surface area contributed by atoms with E-state index < -0.39 is 11.4 Å². The summed E-state index contributed by atoms with van der Waals surface area (Å²) in [6.45, 7) is 10.2. The van der Waals surface area contributed by atoms with Gasteiger partial charge in [-0.2, -0.15) is 0 Å². The van der Waals surface area contributed by atoms with Crippen molar-refractivity contribution in [2.24, 2.45) is 5.73 Å². The van der Waals surface area contributed by atoms with Crippen LogP contribution in [0.3, 0.4) is 0 Å². The highest BCUT2D eigenvalue weighted by Gasteiger charge is 2.32. The molecule has 1 rings (SSSR count). The fourth-order valence-corrected chi connectivity index (χ4v) is 2.01. The topological polar surface area (TPSA) is 64.3 Å². The first kappa shape index (κ1) is 16.5. The summed E-state index contributed by atoms with van der Waals surface area (Å²) in [7, 11) is 0. The number of ether oxygens (including phenoxy) is 1. The quantitative estimate of drug-likeness (QED) is 0.805. The van der Waals surface area contributed by atoms with Gasteiger partial charge in [0.2, 0.25) is 5.91 Å². The minimum atomic E-state index is -0.873. The maximum Gasteiger partial charge on any atom is 0.240 e. The van der Waals surface area contributed by atoms with Gasteiger partial charge in [0.15, 0.2) is 0 Å². The van der Waals surface area contributed by atoms with E-state index in [1.807, 2.05) is 32.0 Å². The van der Waals surface area contributed by atoms with Gasteiger partial charge in [-0.25, -0.2) is 0 Å². The average Bonchev–Trinajstić information content (AvgIpc) is 2.35. The SMILES string of the molecule is CC(C)NC(C)(COc1cccc(C(C)C)c1)C(N)=O. The van der Waals surface area contributed by atoms with E-state index in [1.165, 1.54) is 5.56 Å². The maximum atomic E-state index is 11.6. The van der Waals surface area contributed by atoms with Crippen molar-refractivity contribution in [2.45, 2.75) is 52.1 Å². The van der Waals surface area contributed by atoms with Crippen LogP contribution in [-0.4, -0.2) is 24.1 Å². The first-order chi connectivity index (χ1) is 9.24. The number of nitrogens with two attached hydrogens (primary N) is 1. The lowest BCUT2D eigenvalue weighted by atomic mass is 10.0. The van der Waals surface area contributed by atoms with Crippen molar-refractivity contribution < 1.29 is 9.53 Å². The molecule has 0 aliphatic carbocycles. The molecule has 1 aromatic rings. The summed E-state index contributed by atoms with van der Waals surface area (Å²) in [5.74, 6) is 0.787. The van der Waals surface area contributed by atoms with Gasteiger partial charge in [-0.1, -0.05) is 26.0 Å². The molecule has 0 saturated carbocycles. The van der Waals surface area contributed by atoms with Gasteiger partial charge in [-0.15, -0.1) is 0 Å². The Labute approximate surface area is 121 Å². The van der Waals surface area contributed by atoms with Gasteiger partial charge in [-0.3, -0.25) is 10.1 Å². The molecule has 20 heavy (non-hydrogen) atoms. The van der Waals surface area contributed by atoms with E-state index in [0.29, 0.717) is 5.92 Å². The Bertz CT molecular complexity index is 458. The highest BCUT2D eigenvalue weighted by molar-refractivity contribution is 5.84. The molecule has 112 valence electrons. The Balaban J connectivity index is 2.77. The molecule has 1 aromatic carbocycles. The van der Waals surface area contributed by atoms with Crippen molar-refractivity contribution in [3.63, 3.8) is 0 Å². The number of benzene rings is 1. The lowest BCUT2D eigenvalue weighted by Crippen LogP contribution is -2.59. The molecule has 0 radical (unpaired) electrons. The number of nitrogens with one attached hydrogen (secondary N) is 1. The zero-order valence-electron chi connectivity index (χ0n) is 13.1. The van der Waals surface area contributed by atoms with Crippen LogP contribution in [0.1, 0.15) is 46.1 Å². The molecule has 1 unspecified atom stereocenters. The van der Waals surface area contributed by atoms with Gasteiger partial charge in [0.05, 0.1) is 0 Å². The molecule has 0 aromatic heterocycles. The number of carbonyl (C=O) groups excluding carboxylic acids is 1. The molecule has 0 bridgehead atoms. The van der Waals surface area contributed by atoms with Crippen LogP contribution in [0.5, 0.6) is 5.75 Å². The minimum absolute atomic E-state index is 0.151. The van der Waals surface area contributed by atoms with Crippen molar-refractivity contribution in [2.75, 3.05) is 6.61 Å². The molecule has 0 spiro atoms. The van der Waals surface area contributed by atoms with Crippen LogP contribution < -0.4 is 15.8 Å². The Morgan fingerprint density at radius 3 is 2.50 bits per heavy atom. The zero-order chi connectivity index (χ0) is 15.3. The van der Waals surface area contributed by atoms with Crippen LogP contribution in [-0.2, 0) is 4.79 Å². The summed E-state index contributed by atoms with van der Waals surface area (Å²) in [6, 6.07) is 8.07. The van der Waals surface area contributed by atoms with E-state index in [0.717, 1.165) is 5.75 Å². The third kappa shape index (κ3) is 4.53. The molecule has 4 nitrogen and oxygen atoms in total. The molecule has 0 saturated heterocycles. The van der Waals surface area contributed by atoms with E-state index >= 15 is 0 Å². The molecule has 0 fully saturated rings. The van der Waals surface area contributed by atoms with Crippen LogP contribution in [0.4, 0.5) is 0 Å². The molecule has 0 aliphatic heterocycles. The second kappa shape index (κ2) is 6.75. The van der Waals surface area contributed by atoms with Gasteiger partial charge < -0.3 is 10.5 Å². The van der Waals surface area contributed by atoms with E-state index in [-0.39, 0.29) is 12.6 Å². The van der Waals surface area contributed by atoms with Crippen molar-refractivity contribution >= 4 is 5.91 Å². The second-order valence-corrected chi connectivity index (χ2v) is 6.01. The van der Waals surface area contributed by atoms with Crippen molar-refractivity contribution in [3.05, 3.63) is 29.8 Å². The Hall–Kier alpha value is -1.55. The smallest absolute Gasteiger partial charge is 0.240 e. The summed E-state index contributed by atoms with van der Waals surface area (Å²) in [5, 5.41) is 3.16. The Morgan fingerprint density at radius 2 is 2.00 bits per heavy atom. The van der Waals surface area contributed by atoms with Crippen LogP contribution in [0.15, 0.2) is 24.3 Å². The average molecular weight is 278 g/mol. The highest BCUT2D eigenvalue weighted by Crippen LogP contribution is 2.21. The summed E-state index contributed by atoms with van der Waals surface area (Å²) in [4.78, 5) is 11.6. The van der Waals surface area contributed by atoms with E-state index in [2.05, 4.69) is 25.2 Å². The van der Waals surface area contributed by atoms with Crippen molar-refractivity contribution in [1.29, 1.82) is 0 Å². The fourth-order valence-electron chi connectivity index (χ4n) is 2.01. The predicted molar refractivity (Wildman–Crippen MR) is 81.9 cm³/mol. The number of carbonyl (C=O) groups is 1. The second-order valence-electron chi connectivity index (χ2n) is 6.01. The number of hydrogen-bond donors (Lipinski definition) is 2. The molecule has 3 N–H and O–H groups in total. The Kier molecular flexibility index (Phi) is 5.57. The zero-order valence-corrected chi connectivity index (χ0v) is 13.1. The molecule has 1 amide bonds. The first-order valence-electron chi connectivity index (χ1n) is 7.05. The normalized spacial score (nSPS) is 14.3. The highest BCUT2D eigenvalue weighted by atomic mass is 16.5. The maximum absolute atomic E-state index is 11.6. The monoisotopic (exact) mass is 278 g/mol. The molecular weight excluding hydrogens is 252 g/mol. The summed E-state index contributed by atoms with van der Waals surface area (Å²) in [5.41, 5.74) is 5.82. The lowest BCUT2D eigenvalue weighted by molar-refractivity contribution is -0.125. The van der Waals surface area contributed by atoms with E-state index in [4.69, 9.17) is 10.5 Å². The van der Waals surface area contributed by atoms with Crippen LogP contribution >= 0.6 is 0 Å². The summed E-state index contributed by atoms with van der Waals surface area (Å²) in [6.07, 6.45) is 0. The number of amides is 1. The minimum Gasteiger partial charge on any atom is -0.491 e. The van der Waals surface area contributed by atoms with Crippen molar-refractivity contribution in [1.82, 2.24) is 5.32 Å². The van der Waals surface area contributed by atoms with Gasteiger partial charge in [-0.05, 0) is 44.4 Å². The number of rotatable bonds is 7. The standard InChI is InChI=1S/C16H26N2O2/c1-11(2)13-7-6-8-14(9-13)20-10-16(5,15(17)19)18-12(3)4/h6-9,11-12,18H,10H2,1-5H3,(H2,17,19). The largest absolute Gasteiger partial charge is 0.491 e. The molecular formula is C16H26N2O2. The molecule has 1 atom stereocenters. The number of primary amides is 1. The molecule has 0 heterocycles.